The lowest BCUT2D eigenvalue weighted by molar-refractivity contribution is -0.144. The Kier molecular flexibility index (Phi) is 7.09. The number of likely N-dealkylation sites (tertiary alicyclic amines) is 1. The van der Waals surface area contributed by atoms with Gasteiger partial charge in [-0.15, -0.1) is 0 Å². The summed E-state index contributed by atoms with van der Waals surface area (Å²) in [7, 11) is 1.62. The Hall–Kier alpha value is -2.65. The fourth-order valence-electron chi connectivity index (χ4n) is 4.89. The number of ketones is 1. The van der Waals surface area contributed by atoms with Crippen LogP contribution in [0.5, 0.6) is 0 Å². The highest BCUT2D eigenvalue weighted by atomic mass is 35.5. The van der Waals surface area contributed by atoms with E-state index < -0.39 is 41.8 Å². The zero-order valence-corrected chi connectivity index (χ0v) is 21.7. The fourth-order valence-corrected chi connectivity index (χ4v) is 5.47. The first-order chi connectivity index (χ1) is 17.1. The Morgan fingerprint density at radius 1 is 1.14 bits per heavy atom. The predicted octanol–water partition coefficient (Wildman–Crippen LogP) is 7.09. The number of Topliss-reactive ketones (excluding diaryl/α,β-unsaturated/α-hetero) is 1. The molecular formula is C26H23Cl2F5N2O2. The lowest BCUT2D eigenvalue weighted by Crippen LogP contribution is -2.52. The molecule has 0 saturated carbocycles. The molecule has 3 aromatic rings. The van der Waals surface area contributed by atoms with Crippen LogP contribution < -0.4 is 0 Å². The van der Waals surface area contributed by atoms with E-state index in [0.717, 1.165) is 24.0 Å². The first-order valence-corrected chi connectivity index (χ1v) is 12.2. The summed E-state index contributed by atoms with van der Waals surface area (Å²) in [4.78, 5) is 25.7. The molecule has 2 aromatic carbocycles. The van der Waals surface area contributed by atoms with Crippen LogP contribution in [0.2, 0.25) is 10.0 Å². The second-order valence-corrected chi connectivity index (χ2v) is 10.2. The van der Waals surface area contributed by atoms with Crippen molar-refractivity contribution in [1.82, 2.24) is 9.47 Å². The van der Waals surface area contributed by atoms with Gasteiger partial charge in [0.2, 0.25) is 0 Å². The third-order valence-electron chi connectivity index (χ3n) is 6.95. The number of alkyl halides is 5. The number of hydrogen-bond donors (Lipinski definition) is 0. The number of carbonyl (C=O) groups excluding carboxylic acids is 2. The third-order valence-corrected chi connectivity index (χ3v) is 7.73. The van der Waals surface area contributed by atoms with Gasteiger partial charge in [0.1, 0.15) is 5.78 Å². The molecule has 1 aliphatic heterocycles. The molecule has 37 heavy (non-hydrogen) atoms. The Bertz CT molecular complexity index is 1410. The Balaban J connectivity index is 1.68. The SMILES string of the molecule is CC(=O)C1CCN(C(=O)c2ccc(Cl)c(Cc3cc4c(C)cc(C(F)(F)F)cc4n3C)c2Cl)CC1(F)F. The van der Waals surface area contributed by atoms with Crippen LogP contribution >= 0.6 is 23.2 Å². The zero-order chi connectivity index (χ0) is 27.4. The second-order valence-electron chi connectivity index (χ2n) is 9.42. The van der Waals surface area contributed by atoms with Crippen LogP contribution in [0.4, 0.5) is 22.0 Å². The van der Waals surface area contributed by atoms with Gasteiger partial charge in [0, 0.05) is 41.6 Å². The minimum atomic E-state index is -4.50. The summed E-state index contributed by atoms with van der Waals surface area (Å²) in [5, 5.41) is 0.827. The summed E-state index contributed by atoms with van der Waals surface area (Å²) in [5.41, 5.74) is 0.977. The summed E-state index contributed by atoms with van der Waals surface area (Å²) < 4.78 is 70.6. The molecule has 1 aliphatic rings. The lowest BCUT2D eigenvalue weighted by Gasteiger charge is -2.37. The van der Waals surface area contributed by atoms with Gasteiger partial charge in [0.05, 0.1) is 28.6 Å². The molecule has 4 rings (SSSR count). The summed E-state index contributed by atoms with van der Waals surface area (Å²) in [6.07, 6.45) is -4.57. The predicted molar refractivity (Wildman–Crippen MR) is 132 cm³/mol. The van der Waals surface area contributed by atoms with Crippen molar-refractivity contribution in [2.45, 2.75) is 38.8 Å². The number of piperidine rings is 1. The number of carbonyl (C=O) groups is 2. The molecule has 0 radical (unpaired) electrons. The average molecular weight is 561 g/mol. The number of nitrogens with zero attached hydrogens (tertiary/aromatic N) is 2. The third kappa shape index (κ3) is 5.08. The Morgan fingerprint density at radius 3 is 2.41 bits per heavy atom. The van der Waals surface area contributed by atoms with Gasteiger partial charge in [-0.05, 0) is 61.7 Å². The van der Waals surface area contributed by atoms with Crippen molar-refractivity contribution in [3.8, 4) is 0 Å². The van der Waals surface area contributed by atoms with E-state index in [0.29, 0.717) is 27.7 Å². The molecular weight excluding hydrogens is 538 g/mol. The van der Waals surface area contributed by atoms with Crippen molar-refractivity contribution in [2.75, 3.05) is 13.1 Å². The first-order valence-electron chi connectivity index (χ1n) is 11.4. The van der Waals surface area contributed by atoms with Crippen molar-refractivity contribution in [1.29, 1.82) is 0 Å². The summed E-state index contributed by atoms with van der Waals surface area (Å²) in [5.74, 6) is -6.15. The molecule has 0 aliphatic carbocycles. The highest BCUT2D eigenvalue weighted by Crippen LogP contribution is 2.38. The van der Waals surface area contributed by atoms with Crippen LogP contribution in [0.15, 0.2) is 30.3 Å². The summed E-state index contributed by atoms with van der Waals surface area (Å²) in [6, 6.07) is 6.67. The van der Waals surface area contributed by atoms with Gasteiger partial charge >= 0.3 is 6.18 Å². The van der Waals surface area contributed by atoms with E-state index in [1.807, 2.05) is 0 Å². The second kappa shape index (κ2) is 9.58. The van der Waals surface area contributed by atoms with E-state index in [1.54, 1.807) is 24.6 Å². The maximum atomic E-state index is 14.5. The molecule has 1 unspecified atom stereocenters. The van der Waals surface area contributed by atoms with Crippen molar-refractivity contribution < 1.29 is 31.5 Å². The molecule has 1 fully saturated rings. The number of aryl methyl sites for hydroxylation is 2. The summed E-state index contributed by atoms with van der Waals surface area (Å²) >= 11 is 12.9. The number of rotatable bonds is 4. The van der Waals surface area contributed by atoms with Gasteiger partial charge in [0.15, 0.2) is 0 Å². The average Bonchev–Trinajstić information content (AvgIpc) is 3.10. The highest BCUT2D eigenvalue weighted by molar-refractivity contribution is 6.38. The van der Waals surface area contributed by atoms with E-state index in [1.165, 1.54) is 12.1 Å². The van der Waals surface area contributed by atoms with E-state index in [-0.39, 0.29) is 35.0 Å². The minimum absolute atomic E-state index is 0.0209. The fraction of sp³-hybridized carbons (Fsp3) is 0.385. The molecule has 1 amide bonds. The molecule has 0 N–H and O–H groups in total. The molecule has 11 heteroatoms. The first kappa shape index (κ1) is 27.4. The molecule has 1 atom stereocenters. The van der Waals surface area contributed by atoms with Crippen molar-refractivity contribution in [3.05, 3.63) is 68.3 Å². The quantitative estimate of drug-likeness (QED) is 0.320. The monoisotopic (exact) mass is 560 g/mol. The van der Waals surface area contributed by atoms with Gasteiger partial charge in [0.25, 0.3) is 11.8 Å². The van der Waals surface area contributed by atoms with Crippen molar-refractivity contribution in [3.63, 3.8) is 0 Å². The highest BCUT2D eigenvalue weighted by Gasteiger charge is 2.48. The number of halogens is 7. The van der Waals surface area contributed by atoms with E-state index >= 15 is 0 Å². The number of hydrogen-bond acceptors (Lipinski definition) is 2. The van der Waals surface area contributed by atoms with Crippen LogP contribution in [0, 0.1) is 12.8 Å². The maximum absolute atomic E-state index is 14.5. The van der Waals surface area contributed by atoms with Crippen LogP contribution in [-0.2, 0) is 24.4 Å². The van der Waals surface area contributed by atoms with E-state index in [4.69, 9.17) is 23.2 Å². The minimum Gasteiger partial charge on any atom is -0.347 e. The number of amides is 1. The van der Waals surface area contributed by atoms with Gasteiger partial charge < -0.3 is 9.47 Å². The maximum Gasteiger partial charge on any atom is 0.416 e. The van der Waals surface area contributed by atoms with Crippen molar-refractivity contribution in [2.24, 2.45) is 13.0 Å². The van der Waals surface area contributed by atoms with E-state index in [2.05, 4.69) is 0 Å². The van der Waals surface area contributed by atoms with Gasteiger partial charge in [-0.3, -0.25) is 9.59 Å². The zero-order valence-electron chi connectivity index (χ0n) is 20.1. The lowest BCUT2D eigenvalue weighted by atomic mass is 9.89. The standard InChI is InChI=1S/C26H23Cl2F5N2O2/c1-13-8-15(26(31,32)33)9-22-18(13)10-16(34(22)3)11-19-21(27)5-4-17(23(19)28)24(37)35-7-6-20(14(2)36)25(29,30)12-35/h4-5,8-10,20H,6-7,11-12H2,1-3H3. The molecule has 0 spiro atoms. The van der Waals surface area contributed by atoms with Gasteiger partial charge in [-0.25, -0.2) is 8.78 Å². The normalized spacial score (nSPS) is 17.9. The smallest absolute Gasteiger partial charge is 0.347 e. The Labute approximate surface area is 219 Å². The molecule has 4 nitrogen and oxygen atoms in total. The van der Waals surface area contributed by atoms with Crippen LogP contribution in [0.3, 0.4) is 0 Å². The molecule has 2 heterocycles. The van der Waals surface area contributed by atoms with Crippen LogP contribution in [0.25, 0.3) is 10.9 Å². The largest absolute Gasteiger partial charge is 0.416 e. The molecule has 198 valence electrons. The summed E-state index contributed by atoms with van der Waals surface area (Å²) in [6.45, 7) is 1.76. The topological polar surface area (TPSA) is 42.3 Å². The number of benzene rings is 2. The molecule has 1 aromatic heterocycles. The Morgan fingerprint density at radius 2 is 1.81 bits per heavy atom. The molecule has 1 saturated heterocycles. The van der Waals surface area contributed by atoms with Crippen LogP contribution in [0.1, 0.15) is 46.1 Å². The van der Waals surface area contributed by atoms with Gasteiger partial charge in [-0.2, -0.15) is 13.2 Å². The molecule has 0 bridgehead atoms. The van der Waals surface area contributed by atoms with Gasteiger partial charge in [-0.1, -0.05) is 23.2 Å². The van der Waals surface area contributed by atoms with E-state index in [9.17, 15) is 31.5 Å². The number of fused-ring (bicyclic) bond motifs is 1. The number of aromatic nitrogens is 1. The van der Waals surface area contributed by atoms with Crippen molar-refractivity contribution >= 4 is 45.8 Å². The van der Waals surface area contributed by atoms with Crippen LogP contribution in [-0.4, -0.2) is 40.2 Å².